The second-order valence-electron chi connectivity index (χ2n) is 3.72. The average molecular weight is 255 g/mol. The largest absolute Gasteiger partial charge is 0.378 e. The van der Waals surface area contributed by atoms with Crippen molar-refractivity contribution in [1.82, 2.24) is 4.37 Å². The van der Waals surface area contributed by atoms with Crippen LogP contribution in [0.3, 0.4) is 0 Å². The lowest BCUT2D eigenvalue weighted by Crippen LogP contribution is -2.36. The van der Waals surface area contributed by atoms with E-state index in [1.54, 1.807) is 0 Å². The summed E-state index contributed by atoms with van der Waals surface area (Å²) in [4.78, 5) is 2.24. The molecular formula is C11H11ClN2OS. The molecule has 3 rings (SSSR count). The van der Waals surface area contributed by atoms with Crippen LogP contribution in [0, 0.1) is 0 Å². The molecule has 2 heterocycles. The van der Waals surface area contributed by atoms with Gasteiger partial charge < -0.3 is 9.64 Å². The maximum atomic E-state index is 6.23. The molecule has 0 aliphatic carbocycles. The first-order valence-corrected chi connectivity index (χ1v) is 6.38. The number of hydrogen-bond donors (Lipinski definition) is 0. The van der Waals surface area contributed by atoms with Gasteiger partial charge in [-0.3, -0.25) is 0 Å². The van der Waals surface area contributed by atoms with E-state index in [-0.39, 0.29) is 0 Å². The van der Waals surface area contributed by atoms with Gasteiger partial charge in [0.05, 0.1) is 28.3 Å². The molecule has 0 bridgehead atoms. The lowest BCUT2D eigenvalue weighted by Gasteiger charge is -2.27. The molecule has 1 fully saturated rings. The van der Waals surface area contributed by atoms with Crippen LogP contribution < -0.4 is 4.90 Å². The quantitative estimate of drug-likeness (QED) is 0.783. The van der Waals surface area contributed by atoms with Gasteiger partial charge in [-0.2, -0.15) is 4.37 Å². The Balaban J connectivity index is 2.09. The summed E-state index contributed by atoms with van der Waals surface area (Å²) < 4.78 is 11.0. The number of morpholine rings is 1. The average Bonchev–Trinajstić information content (AvgIpc) is 2.75. The van der Waals surface area contributed by atoms with Gasteiger partial charge in [0.25, 0.3) is 0 Å². The molecule has 2 aromatic rings. The molecule has 0 unspecified atom stereocenters. The van der Waals surface area contributed by atoms with Crippen molar-refractivity contribution in [2.24, 2.45) is 0 Å². The van der Waals surface area contributed by atoms with Crippen molar-refractivity contribution >= 4 is 39.0 Å². The third-order valence-electron chi connectivity index (χ3n) is 2.74. The van der Waals surface area contributed by atoms with Crippen LogP contribution in [0.4, 0.5) is 5.82 Å². The Morgan fingerprint density at radius 3 is 2.94 bits per heavy atom. The fourth-order valence-corrected chi connectivity index (χ4v) is 3.07. The second-order valence-corrected chi connectivity index (χ2v) is 4.93. The summed E-state index contributed by atoms with van der Waals surface area (Å²) in [6.45, 7) is 3.32. The zero-order chi connectivity index (χ0) is 11.0. The van der Waals surface area contributed by atoms with Crippen LogP contribution in [0.25, 0.3) is 10.1 Å². The van der Waals surface area contributed by atoms with Gasteiger partial charge in [0, 0.05) is 13.1 Å². The third-order valence-corrected chi connectivity index (χ3v) is 3.86. The molecule has 0 saturated carbocycles. The molecule has 5 heteroatoms. The van der Waals surface area contributed by atoms with E-state index in [4.69, 9.17) is 16.3 Å². The molecule has 0 amide bonds. The van der Waals surface area contributed by atoms with Gasteiger partial charge in [-0.05, 0) is 23.7 Å². The Labute approximate surface area is 103 Å². The second kappa shape index (κ2) is 4.20. The number of nitrogens with zero attached hydrogens (tertiary/aromatic N) is 2. The molecule has 0 N–H and O–H groups in total. The highest BCUT2D eigenvalue weighted by molar-refractivity contribution is 7.13. The number of halogens is 1. The molecule has 0 radical (unpaired) electrons. The van der Waals surface area contributed by atoms with Gasteiger partial charge >= 0.3 is 0 Å². The zero-order valence-electron chi connectivity index (χ0n) is 8.65. The van der Waals surface area contributed by atoms with E-state index in [9.17, 15) is 0 Å². The van der Waals surface area contributed by atoms with Crippen LogP contribution in [0.15, 0.2) is 18.2 Å². The third kappa shape index (κ3) is 1.67. The van der Waals surface area contributed by atoms with E-state index in [0.29, 0.717) is 0 Å². The monoisotopic (exact) mass is 254 g/mol. The number of fused-ring (bicyclic) bond motifs is 1. The summed E-state index contributed by atoms with van der Waals surface area (Å²) in [6.07, 6.45) is 0. The van der Waals surface area contributed by atoms with Crippen molar-refractivity contribution in [3.63, 3.8) is 0 Å². The van der Waals surface area contributed by atoms with Crippen molar-refractivity contribution in [2.45, 2.75) is 0 Å². The van der Waals surface area contributed by atoms with E-state index in [1.165, 1.54) is 11.5 Å². The Morgan fingerprint density at radius 2 is 2.12 bits per heavy atom. The highest BCUT2D eigenvalue weighted by Crippen LogP contribution is 2.35. The highest BCUT2D eigenvalue weighted by atomic mass is 35.5. The smallest absolute Gasteiger partial charge is 0.151 e. The predicted molar refractivity (Wildman–Crippen MR) is 67.7 cm³/mol. The molecular weight excluding hydrogens is 244 g/mol. The summed E-state index contributed by atoms with van der Waals surface area (Å²) in [7, 11) is 0. The van der Waals surface area contributed by atoms with Gasteiger partial charge in [-0.25, -0.2) is 0 Å². The Hall–Kier alpha value is -0.840. The lowest BCUT2D eigenvalue weighted by atomic mass is 10.2. The van der Waals surface area contributed by atoms with Gasteiger partial charge in [0.1, 0.15) is 0 Å². The number of hydrogen-bond acceptors (Lipinski definition) is 4. The summed E-state index contributed by atoms with van der Waals surface area (Å²) in [5, 5.41) is 1.86. The highest BCUT2D eigenvalue weighted by Gasteiger charge is 2.18. The SMILES string of the molecule is Clc1cccc2snc(N3CCOCC3)c12. The number of ether oxygens (including phenoxy) is 1. The van der Waals surface area contributed by atoms with Crippen LogP contribution in [-0.4, -0.2) is 30.7 Å². The van der Waals surface area contributed by atoms with Crippen molar-refractivity contribution < 1.29 is 4.74 Å². The first kappa shape index (κ1) is 10.3. The fraction of sp³-hybridized carbons (Fsp3) is 0.364. The maximum absolute atomic E-state index is 6.23. The van der Waals surface area contributed by atoms with Crippen molar-refractivity contribution in [3.8, 4) is 0 Å². The van der Waals surface area contributed by atoms with Gasteiger partial charge in [-0.1, -0.05) is 17.7 Å². The Kier molecular flexibility index (Phi) is 2.71. The zero-order valence-corrected chi connectivity index (χ0v) is 10.2. The topological polar surface area (TPSA) is 25.4 Å². The van der Waals surface area contributed by atoms with E-state index >= 15 is 0 Å². The standard InChI is InChI=1S/C11H11ClN2OS/c12-8-2-1-3-9-10(8)11(13-16-9)14-4-6-15-7-5-14/h1-3H,4-7H2. The Morgan fingerprint density at radius 1 is 1.31 bits per heavy atom. The normalized spacial score (nSPS) is 16.9. The minimum atomic E-state index is 0.767. The maximum Gasteiger partial charge on any atom is 0.151 e. The molecule has 1 aromatic carbocycles. The molecule has 1 aromatic heterocycles. The van der Waals surface area contributed by atoms with E-state index < -0.39 is 0 Å². The van der Waals surface area contributed by atoms with Crippen LogP contribution in [0.5, 0.6) is 0 Å². The van der Waals surface area contributed by atoms with Crippen molar-refractivity contribution in [2.75, 3.05) is 31.2 Å². The predicted octanol–water partition coefficient (Wildman–Crippen LogP) is 2.79. The summed E-state index contributed by atoms with van der Waals surface area (Å²) >= 11 is 7.74. The minimum absolute atomic E-state index is 0.767. The number of rotatable bonds is 1. The van der Waals surface area contributed by atoms with Gasteiger partial charge in [0.15, 0.2) is 5.82 Å². The lowest BCUT2D eigenvalue weighted by molar-refractivity contribution is 0.122. The summed E-state index contributed by atoms with van der Waals surface area (Å²) in [5.41, 5.74) is 0. The van der Waals surface area contributed by atoms with Crippen LogP contribution >= 0.6 is 23.1 Å². The van der Waals surface area contributed by atoms with Gasteiger partial charge in [0.2, 0.25) is 0 Å². The molecule has 1 aliphatic rings. The number of benzene rings is 1. The van der Waals surface area contributed by atoms with Crippen molar-refractivity contribution in [1.29, 1.82) is 0 Å². The minimum Gasteiger partial charge on any atom is -0.378 e. The van der Waals surface area contributed by atoms with Crippen molar-refractivity contribution in [3.05, 3.63) is 23.2 Å². The molecule has 0 spiro atoms. The van der Waals surface area contributed by atoms with E-state index in [1.807, 2.05) is 12.1 Å². The summed E-state index contributed by atoms with van der Waals surface area (Å²) in [6, 6.07) is 5.94. The molecule has 1 aliphatic heterocycles. The first-order valence-electron chi connectivity index (χ1n) is 5.23. The summed E-state index contributed by atoms with van der Waals surface area (Å²) in [5.74, 6) is 1.01. The molecule has 3 nitrogen and oxygen atoms in total. The van der Waals surface area contributed by atoms with E-state index in [0.717, 1.165) is 47.2 Å². The number of aromatic nitrogens is 1. The fourth-order valence-electron chi connectivity index (χ4n) is 1.93. The van der Waals surface area contributed by atoms with Crippen LogP contribution in [0.1, 0.15) is 0 Å². The van der Waals surface area contributed by atoms with E-state index in [2.05, 4.69) is 15.3 Å². The van der Waals surface area contributed by atoms with Crippen LogP contribution in [0.2, 0.25) is 5.02 Å². The first-order chi connectivity index (χ1) is 7.86. The van der Waals surface area contributed by atoms with Crippen LogP contribution in [-0.2, 0) is 4.74 Å². The number of anilines is 1. The molecule has 16 heavy (non-hydrogen) atoms. The molecule has 0 atom stereocenters. The van der Waals surface area contributed by atoms with Gasteiger partial charge in [-0.15, -0.1) is 0 Å². The molecule has 84 valence electrons. The Bertz CT molecular complexity index is 508. The molecule has 1 saturated heterocycles.